The minimum Gasteiger partial charge on any atom is -0.456 e. The van der Waals surface area contributed by atoms with Crippen LogP contribution in [0.5, 0.6) is 0 Å². The Labute approximate surface area is 346 Å². The van der Waals surface area contributed by atoms with Gasteiger partial charge in [0.2, 0.25) is 0 Å². The van der Waals surface area contributed by atoms with Gasteiger partial charge in [-0.15, -0.1) is 0 Å². The van der Waals surface area contributed by atoms with Crippen molar-refractivity contribution in [2.24, 2.45) is 0 Å². The van der Waals surface area contributed by atoms with E-state index in [0.29, 0.717) is 0 Å². The van der Waals surface area contributed by atoms with E-state index in [-0.39, 0.29) is 5.92 Å². The summed E-state index contributed by atoms with van der Waals surface area (Å²) in [5, 5.41) is 7.05. The maximum absolute atomic E-state index is 6.76. The zero-order valence-corrected chi connectivity index (χ0v) is 32.7. The number of aryl methyl sites for hydroxylation is 1. The van der Waals surface area contributed by atoms with Crippen LogP contribution < -0.4 is 0 Å². The number of nitrogens with zero attached hydrogens (tertiary/aromatic N) is 1. The third-order valence-corrected chi connectivity index (χ3v) is 13.1. The quantitative estimate of drug-likeness (QED) is 0.179. The molecule has 0 spiro atoms. The van der Waals surface area contributed by atoms with Gasteiger partial charge in [0.25, 0.3) is 0 Å². The first-order valence-corrected chi connectivity index (χ1v) is 20.9. The largest absolute Gasteiger partial charge is 0.456 e. The van der Waals surface area contributed by atoms with E-state index < -0.39 is 0 Å². The Kier molecular flexibility index (Phi) is 7.20. The summed E-state index contributed by atoms with van der Waals surface area (Å²) in [4.78, 5) is 0. The summed E-state index contributed by atoms with van der Waals surface area (Å²) in [7, 11) is 0. The molecule has 12 aromatic rings. The second-order valence-corrected chi connectivity index (χ2v) is 16.3. The van der Waals surface area contributed by atoms with Gasteiger partial charge in [0.15, 0.2) is 0 Å². The van der Waals surface area contributed by atoms with E-state index in [2.05, 4.69) is 199 Å². The van der Waals surface area contributed by atoms with Crippen molar-refractivity contribution < 1.29 is 8.83 Å². The molecule has 1 aliphatic rings. The predicted octanol–water partition coefficient (Wildman–Crippen LogP) is 15.7. The molecule has 0 amide bonds. The fourth-order valence-electron chi connectivity index (χ4n) is 10.4. The Morgan fingerprint density at radius 1 is 0.433 bits per heavy atom. The van der Waals surface area contributed by atoms with Crippen LogP contribution in [0.15, 0.2) is 203 Å². The molecule has 0 saturated heterocycles. The van der Waals surface area contributed by atoms with Crippen LogP contribution in [0, 0.1) is 0 Å². The van der Waals surface area contributed by atoms with Gasteiger partial charge in [0.1, 0.15) is 22.3 Å². The molecule has 1 atom stereocenters. The fraction of sp³-hybridized carbons (Fsp3) is 0.0526. The SMILES string of the molecule is c1ccc(C2CCc3ccc4c(oc5ccccc54)c3-c3cccc(-c4ccc5oc6cccc(-c7ccc8c(c7)c7ccccc7n8-c7ccccc7)c6c5c4)c32)cc1. The normalized spacial score (nSPS) is 14.0. The van der Waals surface area contributed by atoms with E-state index in [1.54, 1.807) is 0 Å². The standard InChI is InChI=1S/C57H37NO2/c1-3-13-35(14-4-1)42-29-25-36-26-30-45-44-18-8-10-23-51(44)60-57(45)54(36)46-21-11-19-40(55(42)46)38-28-32-52-48(34-38)56-41(20-12-24-53(56)59-52)37-27-31-50-47(33-37)43-17-7-9-22-49(43)58(50)39-15-5-2-6-16-39/h1-24,26-28,30-34,42H,25,29H2. The topological polar surface area (TPSA) is 31.2 Å². The Hall–Kier alpha value is -7.62. The van der Waals surface area contributed by atoms with Gasteiger partial charge in [0, 0.05) is 49.5 Å². The molecular weight excluding hydrogens is 731 g/mol. The van der Waals surface area contributed by atoms with Gasteiger partial charge in [-0.1, -0.05) is 140 Å². The van der Waals surface area contributed by atoms with Gasteiger partial charge >= 0.3 is 0 Å². The number of benzene rings is 9. The van der Waals surface area contributed by atoms with Crippen molar-refractivity contribution in [1.29, 1.82) is 0 Å². The minimum atomic E-state index is 0.196. The Balaban J connectivity index is 1.03. The van der Waals surface area contributed by atoms with E-state index in [1.807, 2.05) is 0 Å². The van der Waals surface area contributed by atoms with E-state index in [1.165, 1.54) is 71.7 Å². The second kappa shape index (κ2) is 12.9. The summed E-state index contributed by atoms with van der Waals surface area (Å²) in [5.74, 6) is 0.196. The number of para-hydroxylation sites is 3. The molecule has 3 heteroatoms. The van der Waals surface area contributed by atoms with Crippen LogP contribution in [0.1, 0.15) is 29.0 Å². The van der Waals surface area contributed by atoms with E-state index >= 15 is 0 Å². The molecular formula is C57H37NO2. The molecule has 13 rings (SSSR count). The molecule has 0 radical (unpaired) electrons. The number of aromatic nitrogens is 1. The van der Waals surface area contributed by atoms with E-state index in [4.69, 9.17) is 8.83 Å². The predicted molar refractivity (Wildman–Crippen MR) is 248 cm³/mol. The summed E-state index contributed by atoms with van der Waals surface area (Å²) < 4.78 is 15.8. The fourth-order valence-corrected chi connectivity index (χ4v) is 10.4. The second-order valence-electron chi connectivity index (χ2n) is 16.3. The molecule has 3 aromatic heterocycles. The van der Waals surface area contributed by atoms with Gasteiger partial charge in [-0.25, -0.2) is 0 Å². The Morgan fingerprint density at radius 2 is 1.10 bits per heavy atom. The van der Waals surface area contributed by atoms with Gasteiger partial charge in [-0.2, -0.15) is 0 Å². The first-order chi connectivity index (χ1) is 29.8. The van der Waals surface area contributed by atoms with Crippen molar-refractivity contribution >= 4 is 65.7 Å². The Bertz CT molecular complexity index is 3660. The zero-order chi connectivity index (χ0) is 39.3. The maximum atomic E-state index is 6.76. The van der Waals surface area contributed by atoms with Crippen molar-refractivity contribution in [2.75, 3.05) is 0 Å². The van der Waals surface area contributed by atoms with Crippen molar-refractivity contribution in [2.45, 2.75) is 18.8 Å². The van der Waals surface area contributed by atoms with Crippen molar-refractivity contribution in [3.63, 3.8) is 0 Å². The lowest BCUT2D eigenvalue weighted by Gasteiger charge is -2.23. The molecule has 0 fully saturated rings. The van der Waals surface area contributed by atoms with Crippen LogP contribution in [-0.2, 0) is 6.42 Å². The Morgan fingerprint density at radius 3 is 2.00 bits per heavy atom. The van der Waals surface area contributed by atoms with Crippen LogP contribution in [0.25, 0.3) is 105 Å². The average Bonchev–Trinajstić information content (AvgIpc) is 3.95. The molecule has 1 unspecified atom stereocenters. The molecule has 0 aliphatic heterocycles. The van der Waals surface area contributed by atoms with E-state index in [0.717, 1.165) is 62.6 Å². The highest BCUT2D eigenvalue weighted by atomic mass is 16.3. The van der Waals surface area contributed by atoms with Crippen LogP contribution in [-0.4, -0.2) is 4.57 Å². The number of hydrogen-bond donors (Lipinski definition) is 0. The third kappa shape index (κ3) is 4.90. The lowest BCUT2D eigenvalue weighted by atomic mass is 9.81. The molecule has 3 heterocycles. The molecule has 282 valence electrons. The summed E-state index contributed by atoms with van der Waals surface area (Å²) >= 11 is 0. The first kappa shape index (κ1) is 33.4. The van der Waals surface area contributed by atoms with Crippen molar-refractivity contribution in [1.82, 2.24) is 4.57 Å². The zero-order valence-electron chi connectivity index (χ0n) is 32.7. The lowest BCUT2D eigenvalue weighted by molar-refractivity contribution is 0.668. The highest BCUT2D eigenvalue weighted by Crippen LogP contribution is 2.50. The molecule has 60 heavy (non-hydrogen) atoms. The molecule has 1 aliphatic carbocycles. The highest BCUT2D eigenvalue weighted by Gasteiger charge is 2.29. The monoisotopic (exact) mass is 767 g/mol. The van der Waals surface area contributed by atoms with Crippen LogP contribution in [0.2, 0.25) is 0 Å². The summed E-state index contributed by atoms with van der Waals surface area (Å²) in [6, 6.07) is 70.5. The first-order valence-electron chi connectivity index (χ1n) is 20.9. The number of furan rings is 2. The average molecular weight is 768 g/mol. The third-order valence-electron chi connectivity index (χ3n) is 13.1. The van der Waals surface area contributed by atoms with Gasteiger partial charge < -0.3 is 13.4 Å². The highest BCUT2D eigenvalue weighted by molar-refractivity contribution is 6.16. The van der Waals surface area contributed by atoms with E-state index in [9.17, 15) is 0 Å². The summed E-state index contributed by atoms with van der Waals surface area (Å²) in [5.41, 5.74) is 18.5. The van der Waals surface area contributed by atoms with Crippen LogP contribution in [0.4, 0.5) is 0 Å². The number of rotatable bonds is 4. The maximum Gasteiger partial charge on any atom is 0.143 e. The molecule has 0 N–H and O–H groups in total. The van der Waals surface area contributed by atoms with Crippen LogP contribution >= 0.6 is 0 Å². The molecule has 3 nitrogen and oxygen atoms in total. The summed E-state index contributed by atoms with van der Waals surface area (Å²) in [6.07, 6.45) is 1.95. The van der Waals surface area contributed by atoms with Crippen molar-refractivity contribution in [3.05, 3.63) is 211 Å². The van der Waals surface area contributed by atoms with Gasteiger partial charge in [0.05, 0.1) is 11.0 Å². The van der Waals surface area contributed by atoms with Gasteiger partial charge in [-0.3, -0.25) is 0 Å². The molecule has 0 bridgehead atoms. The number of fused-ring (bicyclic) bond motifs is 13. The minimum absolute atomic E-state index is 0.196. The molecule has 9 aromatic carbocycles. The smallest absolute Gasteiger partial charge is 0.143 e. The summed E-state index contributed by atoms with van der Waals surface area (Å²) in [6.45, 7) is 0. The number of hydrogen-bond acceptors (Lipinski definition) is 2. The van der Waals surface area contributed by atoms with Crippen molar-refractivity contribution in [3.8, 4) is 39.1 Å². The van der Waals surface area contributed by atoms with Gasteiger partial charge in [-0.05, 0) is 112 Å². The van der Waals surface area contributed by atoms with Crippen LogP contribution in [0.3, 0.4) is 0 Å². The lowest BCUT2D eigenvalue weighted by Crippen LogP contribution is -2.04. The molecule has 0 saturated carbocycles.